The molecule has 0 spiro atoms. The minimum Gasteiger partial charge on any atom is -0.135 e. The van der Waals surface area contributed by atoms with Crippen molar-refractivity contribution in [3.05, 3.63) is 72.1 Å². The Kier molecular flexibility index (Phi) is 1.46. The highest BCUT2D eigenvalue weighted by atomic mass is 32.1. The first kappa shape index (κ1) is 6.55. The lowest BCUT2D eigenvalue weighted by molar-refractivity contribution is 1.55. The van der Waals surface area contributed by atoms with Gasteiger partial charge in [0.2, 0.25) is 0 Å². The van der Waals surface area contributed by atoms with Gasteiger partial charge in [0.25, 0.3) is 0 Å². The van der Waals surface area contributed by atoms with Crippen molar-refractivity contribution in [2.24, 2.45) is 0 Å². The van der Waals surface area contributed by atoms with Crippen LogP contribution in [0.3, 0.4) is 0 Å². The lowest BCUT2D eigenvalue weighted by atomic mass is 10.0. The van der Waals surface area contributed by atoms with E-state index in [1.54, 1.807) is 12.1 Å². The largest absolute Gasteiger partial charge is 0.135 e. The number of hydrogen-bond acceptors (Lipinski definition) is 1. The van der Waals surface area contributed by atoms with Gasteiger partial charge in [0.15, 0.2) is 0 Å². The highest BCUT2D eigenvalue weighted by Gasteiger charge is 2.08. The molecule has 0 nitrogen and oxygen atoms in total. The molecule has 0 aliphatic carbocycles. The Hall–Kier alpha value is -2.12. The molecule has 3 aromatic carbocycles. The van der Waals surface area contributed by atoms with E-state index in [0.29, 0.717) is 16.3 Å². The Morgan fingerprint density at radius 3 is 2.60 bits per heavy atom. The highest BCUT2D eigenvalue weighted by molar-refractivity contribution is 7.25. The third-order valence-corrected chi connectivity index (χ3v) is 4.37. The fourth-order valence-electron chi connectivity index (χ4n) is 2.38. The summed E-state index contributed by atoms with van der Waals surface area (Å²) in [5.41, 5.74) is 1.35. The van der Waals surface area contributed by atoms with Gasteiger partial charge in [0.05, 0.1) is 9.60 Å². The van der Waals surface area contributed by atoms with Gasteiger partial charge in [-0.15, -0.1) is 11.3 Å². The zero-order valence-corrected chi connectivity index (χ0v) is 11.5. The molecular weight excluding hydrogens is 260 g/mol. The molecule has 96 valence electrons. The van der Waals surface area contributed by atoms with Crippen molar-refractivity contribution in [2.45, 2.75) is 6.92 Å². The maximum Gasteiger partial charge on any atom is 0.0644 e. The van der Waals surface area contributed by atoms with E-state index in [1.807, 2.05) is 19.1 Å². The van der Waals surface area contributed by atoms with Gasteiger partial charge >= 0.3 is 0 Å². The summed E-state index contributed by atoms with van der Waals surface area (Å²) in [6, 6.07) is 5.67. The number of thiophene rings is 1. The molecule has 0 unspecified atom stereocenters. The van der Waals surface area contributed by atoms with Crippen molar-refractivity contribution in [1.29, 1.82) is 0 Å². The summed E-state index contributed by atoms with van der Waals surface area (Å²) in [7, 11) is 0. The van der Waals surface area contributed by atoms with Crippen LogP contribution >= 0.6 is 11.3 Å². The van der Waals surface area contributed by atoms with E-state index < -0.39 is 18.1 Å². The molecule has 20 heavy (non-hydrogen) atoms. The Bertz CT molecular complexity index is 1230. The minimum absolute atomic E-state index is 0.0353. The van der Waals surface area contributed by atoms with Crippen molar-refractivity contribution >= 4 is 31.5 Å². The first-order valence-corrected chi connectivity index (χ1v) is 7.05. The zero-order chi connectivity index (χ0) is 19.6. The lowest BCUT2D eigenvalue weighted by Crippen LogP contribution is -1.77. The summed E-state index contributed by atoms with van der Waals surface area (Å²) in [6.07, 6.45) is 0. The third kappa shape index (κ3) is 1.75. The van der Waals surface area contributed by atoms with E-state index in [-0.39, 0.29) is 23.7 Å². The molecule has 0 atom stereocenters. The van der Waals surface area contributed by atoms with Gasteiger partial charge in [-0.25, -0.2) is 0 Å². The lowest BCUT2D eigenvalue weighted by Gasteiger charge is -2.02. The van der Waals surface area contributed by atoms with Crippen LogP contribution in [-0.4, -0.2) is 0 Å². The Morgan fingerprint density at radius 2 is 1.75 bits per heavy atom. The van der Waals surface area contributed by atoms with E-state index in [2.05, 4.69) is 0 Å². The zero-order valence-electron chi connectivity index (χ0n) is 17.7. The quantitative estimate of drug-likeness (QED) is 0.399. The molecule has 1 heterocycles. The van der Waals surface area contributed by atoms with Gasteiger partial charge in [0, 0.05) is 20.2 Å². The molecule has 0 aliphatic heterocycles. The average molecular weight is 281 g/mol. The smallest absolute Gasteiger partial charge is 0.0644 e. The maximum absolute atomic E-state index is 8.65. The molecule has 0 amide bonds. The topological polar surface area (TPSA) is 0 Å². The van der Waals surface area contributed by atoms with Crippen LogP contribution < -0.4 is 0 Å². The van der Waals surface area contributed by atoms with Crippen molar-refractivity contribution in [3.63, 3.8) is 0 Å². The Labute approximate surface area is 132 Å². The second-order valence-electron chi connectivity index (χ2n) is 4.58. The van der Waals surface area contributed by atoms with Crippen LogP contribution in [0.1, 0.15) is 15.2 Å². The molecule has 0 bridgehead atoms. The van der Waals surface area contributed by atoms with Crippen molar-refractivity contribution in [2.75, 3.05) is 0 Å². The molecule has 0 radical (unpaired) electrons. The predicted octanol–water partition coefficient (Wildman–Crippen LogP) is 6.03. The molecule has 1 aromatic heterocycles. The molecule has 0 saturated carbocycles. The standard InChI is InChI=1S/C19H14S/c1-13-6-5-9-17-19(13)16-11-10-15(12-18(16)20-17)14-7-3-2-4-8-14/h2-12H,1H3/i2D,3D,4D,7D,8D,9D,12D. The summed E-state index contributed by atoms with van der Waals surface area (Å²) in [4.78, 5) is 0. The second-order valence-corrected chi connectivity index (χ2v) is 5.60. The van der Waals surface area contributed by atoms with Crippen molar-refractivity contribution < 1.29 is 9.60 Å². The number of hydrogen-bond donors (Lipinski definition) is 0. The van der Waals surface area contributed by atoms with Gasteiger partial charge < -0.3 is 0 Å². The van der Waals surface area contributed by atoms with Crippen molar-refractivity contribution in [1.82, 2.24) is 0 Å². The number of benzene rings is 3. The van der Waals surface area contributed by atoms with Gasteiger partial charge in [0.1, 0.15) is 0 Å². The van der Waals surface area contributed by atoms with Gasteiger partial charge in [-0.05, 0) is 35.7 Å². The summed E-state index contributed by atoms with van der Waals surface area (Å²) in [5.74, 6) is 0. The fraction of sp³-hybridized carbons (Fsp3) is 0.0526. The van der Waals surface area contributed by atoms with E-state index in [9.17, 15) is 0 Å². The van der Waals surface area contributed by atoms with Crippen LogP contribution in [-0.2, 0) is 0 Å². The molecule has 4 rings (SSSR count). The van der Waals surface area contributed by atoms with Crippen molar-refractivity contribution in [3.8, 4) is 11.1 Å². The summed E-state index contributed by atoms with van der Waals surface area (Å²) in [5, 5.41) is 1.78. The predicted molar refractivity (Wildman–Crippen MR) is 89.5 cm³/mol. The van der Waals surface area contributed by atoms with Crippen LogP contribution in [0, 0.1) is 6.92 Å². The molecule has 4 aromatic rings. The number of rotatable bonds is 1. The van der Waals surface area contributed by atoms with Crippen LogP contribution in [0.15, 0.2) is 66.6 Å². The van der Waals surface area contributed by atoms with Crippen LogP contribution in [0.2, 0.25) is 0 Å². The van der Waals surface area contributed by atoms with E-state index in [4.69, 9.17) is 9.60 Å². The van der Waals surface area contributed by atoms with Gasteiger partial charge in [-0.1, -0.05) is 54.5 Å². The maximum atomic E-state index is 8.65. The monoisotopic (exact) mass is 281 g/mol. The second kappa shape index (κ2) is 4.46. The van der Waals surface area contributed by atoms with Crippen LogP contribution in [0.5, 0.6) is 0 Å². The normalized spacial score (nSPS) is 16.1. The third-order valence-electron chi connectivity index (χ3n) is 3.32. The van der Waals surface area contributed by atoms with E-state index >= 15 is 0 Å². The SMILES string of the molecule is [2H]c1c([2H])c([2H])c(-c2ccc3c(sc4c([2H])ccc(C)c43)c2[2H])c([2H])c1[2H]. The molecule has 0 N–H and O–H groups in total. The van der Waals surface area contributed by atoms with Gasteiger partial charge in [-0.2, -0.15) is 0 Å². The summed E-state index contributed by atoms with van der Waals surface area (Å²) >= 11 is 1.33. The first-order valence-electron chi connectivity index (χ1n) is 9.73. The minimum atomic E-state index is -0.447. The number of aryl methyl sites for hydroxylation is 1. The Balaban J connectivity index is 2.12. The highest BCUT2D eigenvalue weighted by Crippen LogP contribution is 2.37. The van der Waals surface area contributed by atoms with Crippen LogP contribution in [0.4, 0.5) is 0 Å². The Morgan fingerprint density at radius 1 is 0.900 bits per heavy atom. The molecular formula is C19H14S. The summed E-state index contributed by atoms with van der Waals surface area (Å²) < 4.78 is 58.1. The number of fused-ring (bicyclic) bond motifs is 3. The molecule has 1 heteroatoms. The van der Waals surface area contributed by atoms with Crippen LogP contribution in [0.25, 0.3) is 31.3 Å². The van der Waals surface area contributed by atoms with Gasteiger partial charge in [-0.3, -0.25) is 0 Å². The average Bonchev–Trinajstić information content (AvgIpc) is 3.05. The fourth-order valence-corrected chi connectivity index (χ4v) is 3.52. The summed E-state index contributed by atoms with van der Waals surface area (Å²) in [6.45, 7) is 1.96. The molecule has 0 fully saturated rings. The molecule has 0 aliphatic rings. The van der Waals surface area contributed by atoms with E-state index in [0.717, 1.165) is 21.0 Å². The first-order chi connectivity index (χ1) is 12.7. The molecule has 0 saturated heterocycles. The van der Waals surface area contributed by atoms with E-state index in [1.165, 1.54) is 11.3 Å².